The second kappa shape index (κ2) is 13.5. The van der Waals surface area contributed by atoms with Gasteiger partial charge in [-0.05, 0) is 24.1 Å². The van der Waals surface area contributed by atoms with Gasteiger partial charge in [0.1, 0.15) is 18.2 Å². The van der Waals surface area contributed by atoms with E-state index in [1.807, 2.05) is 22.9 Å². The van der Waals surface area contributed by atoms with E-state index in [2.05, 4.69) is 31.8 Å². The molecule has 1 aliphatic heterocycles. The largest absolute Gasteiger partial charge is 0.493 e. The molecule has 2 aromatic rings. The second-order valence-corrected chi connectivity index (χ2v) is 7.21. The summed E-state index contributed by atoms with van der Waals surface area (Å²) < 4.78 is 17.9. The van der Waals surface area contributed by atoms with Crippen LogP contribution in [0.3, 0.4) is 0 Å². The Kier molecular flexibility index (Phi) is 11.0. The van der Waals surface area contributed by atoms with Crippen molar-refractivity contribution in [3.63, 3.8) is 0 Å². The number of aliphatic imine (C=N–C) groups is 1. The topological polar surface area (TPSA) is 94.8 Å². The monoisotopic (exact) mass is 544 g/mol. The molecule has 1 unspecified atom stereocenters. The Labute approximate surface area is 201 Å². The van der Waals surface area contributed by atoms with Gasteiger partial charge in [-0.2, -0.15) is 5.10 Å². The lowest BCUT2D eigenvalue weighted by atomic mass is 10.1. The van der Waals surface area contributed by atoms with Crippen LogP contribution in [0.25, 0.3) is 0 Å². The van der Waals surface area contributed by atoms with Gasteiger partial charge in [0.05, 0.1) is 13.2 Å². The van der Waals surface area contributed by atoms with Gasteiger partial charge in [0, 0.05) is 53.3 Å². The molecule has 3 rings (SSSR count). The highest BCUT2D eigenvalue weighted by Gasteiger charge is 2.22. The number of rotatable bonds is 10. The van der Waals surface area contributed by atoms with E-state index in [0.29, 0.717) is 26.4 Å². The van der Waals surface area contributed by atoms with Crippen molar-refractivity contribution in [3.05, 3.63) is 41.5 Å². The molecule has 9 nitrogen and oxygen atoms in total. The van der Waals surface area contributed by atoms with Crippen LogP contribution in [0.1, 0.15) is 30.1 Å². The molecular weight excluding hydrogens is 511 g/mol. The molecule has 31 heavy (non-hydrogen) atoms. The lowest BCUT2D eigenvalue weighted by molar-refractivity contribution is 0.172. The molecule has 0 aliphatic carbocycles. The van der Waals surface area contributed by atoms with Crippen molar-refractivity contribution >= 4 is 29.9 Å². The normalized spacial score (nSPS) is 15.7. The number of halogens is 1. The van der Waals surface area contributed by atoms with E-state index in [0.717, 1.165) is 54.7 Å². The Hall–Kier alpha value is -1.92. The predicted molar refractivity (Wildman–Crippen MR) is 130 cm³/mol. The van der Waals surface area contributed by atoms with E-state index in [9.17, 15) is 0 Å². The van der Waals surface area contributed by atoms with Gasteiger partial charge in [-0.3, -0.25) is 4.99 Å². The Morgan fingerprint density at radius 3 is 2.90 bits per heavy atom. The smallest absolute Gasteiger partial charge is 0.191 e. The Morgan fingerprint density at radius 1 is 1.26 bits per heavy atom. The Bertz CT molecular complexity index is 829. The SMILES string of the molecule is CN=C(NCc1cccc(OCCCOC)c1)NC1CCc2nc(COC)nn2C1.I. The molecule has 2 heterocycles. The number of fused-ring (bicyclic) bond motifs is 1. The summed E-state index contributed by atoms with van der Waals surface area (Å²) in [6.45, 7) is 3.21. The summed E-state index contributed by atoms with van der Waals surface area (Å²) in [5, 5.41) is 11.4. The van der Waals surface area contributed by atoms with Gasteiger partial charge in [0.2, 0.25) is 0 Å². The van der Waals surface area contributed by atoms with Crippen LogP contribution in [-0.2, 0) is 35.6 Å². The second-order valence-electron chi connectivity index (χ2n) is 7.21. The zero-order chi connectivity index (χ0) is 21.2. The Morgan fingerprint density at radius 2 is 2.13 bits per heavy atom. The minimum Gasteiger partial charge on any atom is -0.493 e. The van der Waals surface area contributed by atoms with E-state index < -0.39 is 0 Å². The summed E-state index contributed by atoms with van der Waals surface area (Å²) in [5.74, 6) is 3.39. The summed E-state index contributed by atoms with van der Waals surface area (Å²) in [4.78, 5) is 8.89. The number of aromatic nitrogens is 3. The van der Waals surface area contributed by atoms with Crippen molar-refractivity contribution in [1.29, 1.82) is 0 Å². The molecule has 0 fully saturated rings. The number of benzene rings is 1. The predicted octanol–water partition coefficient (Wildman–Crippen LogP) is 2.14. The van der Waals surface area contributed by atoms with Crippen molar-refractivity contribution in [1.82, 2.24) is 25.4 Å². The van der Waals surface area contributed by atoms with Crippen LogP contribution in [0.15, 0.2) is 29.3 Å². The fraction of sp³-hybridized carbons (Fsp3) is 0.571. The van der Waals surface area contributed by atoms with Crippen molar-refractivity contribution in [2.24, 2.45) is 4.99 Å². The third kappa shape index (κ3) is 7.93. The number of hydrogen-bond donors (Lipinski definition) is 2. The molecule has 10 heteroatoms. The molecule has 1 aromatic heterocycles. The summed E-state index contributed by atoms with van der Waals surface area (Å²) >= 11 is 0. The molecule has 0 saturated carbocycles. The third-order valence-electron chi connectivity index (χ3n) is 4.86. The first-order valence-electron chi connectivity index (χ1n) is 10.3. The lowest BCUT2D eigenvalue weighted by Crippen LogP contribution is -2.46. The van der Waals surface area contributed by atoms with Crippen LogP contribution in [0.5, 0.6) is 5.75 Å². The highest BCUT2D eigenvalue weighted by Crippen LogP contribution is 2.15. The number of nitrogens with zero attached hydrogens (tertiary/aromatic N) is 4. The summed E-state index contributed by atoms with van der Waals surface area (Å²) in [7, 11) is 5.14. The Balaban J connectivity index is 0.00000341. The number of nitrogens with one attached hydrogen (secondary N) is 2. The highest BCUT2D eigenvalue weighted by molar-refractivity contribution is 14.0. The summed E-state index contributed by atoms with van der Waals surface area (Å²) in [5.41, 5.74) is 1.13. The van der Waals surface area contributed by atoms with Gasteiger partial charge in [0.25, 0.3) is 0 Å². The highest BCUT2D eigenvalue weighted by atomic mass is 127. The van der Waals surface area contributed by atoms with Crippen molar-refractivity contribution in [3.8, 4) is 5.75 Å². The molecule has 0 bridgehead atoms. The van der Waals surface area contributed by atoms with Crippen LogP contribution >= 0.6 is 24.0 Å². The molecule has 1 aromatic carbocycles. The first-order valence-corrected chi connectivity index (χ1v) is 10.3. The molecule has 0 spiro atoms. The fourth-order valence-electron chi connectivity index (χ4n) is 3.38. The van der Waals surface area contributed by atoms with Crippen molar-refractivity contribution in [2.45, 2.75) is 45.0 Å². The molecule has 1 aliphatic rings. The first kappa shape index (κ1) is 25.3. The van der Waals surface area contributed by atoms with Gasteiger partial charge >= 0.3 is 0 Å². The van der Waals surface area contributed by atoms with E-state index in [4.69, 9.17) is 14.2 Å². The molecule has 0 saturated heterocycles. The van der Waals surface area contributed by atoms with Crippen LogP contribution in [0.4, 0.5) is 0 Å². The summed E-state index contributed by atoms with van der Waals surface area (Å²) in [6, 6.07) is 8.34. The number of guanidine groups is 1. The maximum absolute atomic E-state index is 5.78. The van der Waals surface area contributed by atoms with Crippen LogP contribution in [-0.4, -0.2) is 61.2 Å². The lowest BCUT2D eigenvalue weighted by Gasteiger charge is -2.25. The zero-order valence-corrected chi connectivity index (χ0v) is 20.8. The number of hydrogen-bond acceptors (Lipinski definition) is 6. The van der Waals surface area contributed by atoms with E-state index in [-0.39, 0.29) is 30.0 Å². The van der Waals surface area contributed by atoms with Crippen LogP contribution < -0.4 is 15.4 Å². The average molecular weight is 544 g/mol. The van der Waals surface area contributed by atoms with Crippen LogP contribution in [0, 0.1) is 0 Å². The van der Waals surface area contributed by atoms with Crippen LogP contribution in [0.2, 0.25) is 0 Å². The third-order valence-corrected chi connectivity index (χ3v) is 4.86. The van der Waals surface area contributed by atoms with Gasteiger partial charge in [-0.1, -0.05) is 12.1 Å². The quantitative estimate of drug-likeness (QED) is 0.205. The van der Waals surface area contributed by atoms with Gasteiger partial charge in [-0.25, -0.2) is 9.67 Å². The minimum atomic E-state index is 0. The zero-order valence-electron chi connectivity index (χ0n) is 18.5. The first-order chi connectivity index (χ1) is 14.7. The van der Waals surface area contributed by atoms with Crippen molar-refractivity contribution < 1.29 is 14.2 Å². The van der Waals surface area contributed by atoms with E-state index >= 15 is 0 Å². The number of methoxy groups -OCH3 is 2. The molecule has 1 atom stereocenters. The minimum absolute atomic E-state index is 0. The standard InChI is InChI=1S/C21H32N6O3.HI/c1-22-21(23-13-16-6-4-7-18(12-16)30-11-5-10-28-2)24-17-8-9-20-25-19(15-29-3)26-27(20)14-17;/h4,6-7,12,17H,5,8-11,13-15H2,1-3H3,(H2,22,23,24);1H. The molecular formula is C21H33IN6O3. The summed E-state index contributed by atoms with van der Waals surface area (Å²) in [6.07, 6.45) is 2.74. The maximum atomic E-state index is 5.78. The molecule has 172 valence electrons. The van der Waals surface area contributed by atoms with Gasteiger partial charge < -0.3 is 24.8 Å². The van der Waals surface area contributed by atoms with E-state index in [1.165, 1.54) is 0 Å². The number of ether oxygens (including phenoxy) is 3. The average Bonchev–Trinajstić information content (AvgIpc) is 3.16. The maximum Gasteiger partial charge on any atom is 0.191 e. The van der Waals surface area contributed by atoms with E-state index in [1.54, 1.807) is 21.3 Å². The van der Waals surface area contributed by atoms with Gasteiger partial charge in [0.15, 0.2) is 11.8 Å². The number of aryl methyl sites for hydroxylation is 1. The molecule has 2 N–H and O–H groups in total. The molecule has 0 amide bonds. The van der Waals surface area contributed by atoms with Crippen molar-refractivity contribution in [2.75, 3.05) is 34.5 Å². The molecule has 0 radical (unpaired) electrons. The van der Waals surface area contributed by atoms with Gasteiger partial charge in [-0.15, -0.1) is 24.0 Å². The fourth-order valence-corrected chi connectivity index (χ4v) is 3.38.